The molecule has 0 amide bonds. The Kier molecular flexibility index (Phi) is 7.56. The fourth-order valence-corrected chi connectivity index (χ4v) is 3.47. The van der Waals surface area contributed by atoms with Crippen molar-refractivity contribution in [2.24, 2.45) is 0 Å². The molecule has 3 aromatic carbocycles. The average molecular weight is 572 g/mol. The lowest BCUT2D eigenvalue weighted by molar-refractivity contribution is -0.396. The molecule has 0 aliphatic heterocycles. The summed E-state index contributed by atoms with van der Waals surface area (Å²) in [4.78, 5) is 33.0. The van der Waals surface area contributed by atoms with Gasteiger partial charge in [-0.1, -0.05) is 23.7 Å². The van der Waals surface area contributed by atoms with Crippen molar-refractivity contribution in [1.82, 2.24) is 0 Å². The van der Waals surface area contributed by atoms with E-state index in [0.29, 0.717) is 10.6 Å². The van der Waals surface area contributed by atoms with Crippen molar-refractivity contribution in [2.45, 2.75) is 6.18 Å². The predicted octanol–water partition coefficient (Wildman–Crippen LogP) is 7.63. The molecule has 0 fully saturated rings. The van der Waals surface area contributed by atoms with E-state index in [9.17, 15) is 38.2 Å². The minimum absolute atomic E-state index is 0.152. The largest absolute Gasteiger partial charge is 0.442 e. The van der Waals surface area contributed by atoms with E-state index in [0.717, 1.165) is 6.08 Å². The number of nitro groups is 2. The highest BCUT2D eigenvalue weighted by Crippen LogP contribution is 2.46. The van der Waals surface area contributed by atoms with Crippen LogP contribution in [0.3, 0.4) is 0 Å². The number of carbonyl (C=O) groups excluding carboxylic acids is 1. The van der Waals surface area contributed by atoms with Crippen molar-refractivity contribution in [3.8, 4) is 11.5 Å². The molecule has 0 bridgehead atoms. The van der Waals surface area contributed by atoms with Crippen molar-refractivity contribution < 1.29 is 32.5 Å². The highest BCUT2D eigenvalue weighted by Gasteiger charge is 2.39. The maximum atomic E-state index is 13.2. The Labute approximate surface area is 208 Å². The summed E-state index contributed by atoms with van der Waals surface area (Å²) < 4.78 is 45.1. The van der Waals surface area contributed by atoms with E-state index >= 15 is 0 Å². The van der Waals surface area contributed by atoms with Crippen LogP contribution in [-0.2, 0) is 6.18 Å². The second-order valence-electron chi connectivity index (χ2n) is 6.82. The fourth-order valence-electron chi connectivity index (χ4n) is 2.88. The molecule has 0 aromatic heterocycles. The molecule has 0 spiro atoms. The van der Waals surface area contributed by atoms with Crippen molar-refractivity contribution in [3.63, 3.8) is 0 Å². The van der Waals surface area contributed by atoms with Gasteiger partial charge in [0.2, 0.25) is 0 Å². The van der Waals surface area contributed by atoms with Gasteiger partial charge >= 0.3 is 17.6 Å². The first-order valence-electron chi connectivity index (χ1n) is 9.37. The maximum absolute atomic E-state index is 13.2. The third-order valence-electron chi connectivity index (χ3n) is 4.52. The lowest BCUT2D eigenvalue weighted by atomic mass is 10.1. The van der Waals surface area contributed by atoms with Gasteiger partial charge in [-0.2, -0.15) is 13.2 Å². The van der Waals surface area contributed by atoms with E-state index in [2.05, 4.69) is 15.9 Å². The van der Waals surface area contributed by atoms with Gasteiger partial charge in [0, 0.05) is 28.3 Å². The average Bonchev–Trinajstić information content (AvgIpc) is 2.78. The van der Waals surface area contributed by atoms with E-state index in [1.165, 1.54) is 48.5 Å². The quantitative estimate of drug-likeness (QED) is 0.125. The number of ether oxygens (including phenoxy) is 1. The van der Waals surface area contributed by atoms with Crippen LogP contribution in [0, 0.1) is 20.2 Å². The van der Waals surface area contributed by atoms with Gasteiger partial charge in [0.15, 0.2) is 5.78 Å². The zero-order chi connectivity index (χ0) is 25.9. The van der Waals surface area contributed by atoms with E-state index in [-0.39, 0.29) is 27.9 Å². The van der Waals surface area contributed by atoms with Crippen LogP contribution in [0.15, 0.2) is 65.1 Å². The van der Waals surface area contributed by atoms with Gasteiger partial charge in [0.25, 0.3) is 5.75 Å². The number of rotatable bonds is 7. The normalized spacial score (nSPS) is 11.5. The molecule has 0 aliphatic rings. The maximum Gasteiger partial charge on any atom is 0.416 e. The number of ketones is 1. The predicted molar refractivity (Wildman–Crippen MR) is 124 cm³/mol. The number of para-hydroxylation sites is 1. The van der Waals surface area contributed by atoms with E-state index in [1.54, 1.807) is 0 Å². The molecular weight excluding hydrogens is 561 g/mol. The summed E-state index contributed by atoms with van der Waals surface area (Å²) in [5.74, 6) is -1.63. The fraction of sp³-hybridized carbons (Fsp3) is 0.0455. The summed E-state index contributed by atoms with van der Waals surface area (Å²) in [5.41, 5.74) is -3.63. The third-order valence-corrected chi connectivity index (χ3v) is 5.39. The molecule has 0 N–H and O–H groups in total. The summed E-state index contributed by atoms with van der Waals surface area (Å²) in [6.45, 7) is 0. The van der Waals surface area contributed by atoms with Crippen LogP contribution in [0.25, 0.3) is 6.08 Å². The Morgan fingerprint density at radius 1 is 0.971 bits per heavy atom. The molecule has 0 atom stereocenters. The van der Waals surface area contributed by atoms with Gasteiger partial charge in [-0.05, 0) is 58.4 Å². The van der Waals surface area contributed by atoms with Crippen LogP contribution >= 0.6 is 27.5 Å². The molecule has 180 valence electrons. The third kappa shape index (κ3) is 6.03. The van der Waals surface area contributed by atoms with E-state index in [1.807, 2.05) is 0 Å². The Hall–Kier alpha value is -3.77. The summed E-state index contributed by atoms with van der Waals surface area (Å²) in [6.07, 6.45) is -2.62. The second-order valence-corrected chi connectivity index (χ2v) is 8.11. The lowest BCUT2D eigenvalue weighted by Crippen LogP contribution is -2.08. The summed E-state index contributed by atoms with van der Waals surface area (Å²) >= 11 is 8.96. The van der Waals surface area contributed by atoms with Crippen LogP contribution in [-0.4, -0.2) is 15.6 Å². The molecule has 0 saturated heterocycles. The number of alkyl halides is 3. The standard InChI is InChI=1S/C22H11BrClF3N2O6/c23-16-3-1-2-13(6-9-19(30)12-4-7-15(24)8-5-12)20(16)35-21-17(28(31)32)10-14(22(25,26)27)11-18(21)29(33)34/h1-11H/b9-6+. The first-order valence-corrected chi connectivity index (χ1v) is 10.5. The molecule has 0 unspecified atom stereocenters. The van der Waals surface area contributed by atoms with Crippen LogP contribution in [0.1, 0.15) is 21.5 Å². The summed E-state index contributed by atoms with van der Waals surface area (Å²) in [6, 6.07) is 10.7. The first-order chi connectivity index (χ1) is 16.4. The summed E-state index contributed by atoms with van der Waals surface area (Å²) in [5, 5.41) is 23.4. The van der Waals surface area contributed by atoms with E-state index < -0.39 is 44.5 Å². The minimum Gasteiger partial charge on any atom is -0.442 e. The smallest absolute Gasteiger partial charge is 0.416 e. The van der Waals surface area contributed by atoms with Gasteiger partial charge in [0.05, 0.1) is 19.9 Å². The SMILES string of the molecule is O=C(/C=C/c1cccc(Br)c1Oc1c([N+](=O)[O-])cc(C(F)(F)F)cc1[N+](=O)[O-])c1ccc(Cl)cc1. The van der Waals surface area contributed by atoms with Crippen molar-refractivity contribution in [2.75, 3.05) is 0 Å². The summed E-state index contributed by atoms with van der Waals surface area (Å²) in [7, 11) is 0. The number of benzene rings is 3. The molecule has 3 aromatic rings. The molecular formula is C22H11BrClF3N2O6. The Bertz CT molecular complexity index is 1330. The van der Waals surface area contributed by atoms with Crippen LogP contribution in [0.5, 0.6) is 11.5 Å². The number of nitro benzene ring substituents is 2. The number of nitrogens with zero attached hydrogens (tertiary/aromatic N) is 2. The number of halogens is 5. The first kappa shape index (κ1) is 25.8. The highest BCUT2D eigenvalue weighted by atomic mass is 79.9. The zero-order valence-corrected chi connectivity index (χ0v) is 19.4. The number of carbonyl (C=O) groups is 1. The molecule has 3 rings (SSSR count). The topological polar surface area (TPSA) is 113 Å². The molecule has 13 heteroatoms. The monoisotopic (exact) mass is 570 g/mol. The van der Waals surface area contributed by atoms with Gasteiger partial charge in [-0.25, -0.2) is 0 Å². The van der Waals surface area contributed by atoms with Crippen LogP contribution in [0.4, 0.5) is 24.5 Å². The lowest BCUT2D eigenvalue weighted by Gasteiger charge is -2.13. The van der Waals surface area contributed by atoms with Gasteiger partial charge in [-0.15, -0.1) is 0 Å². The Morgan fingerprint density at radius 3 is 2.06 bits per heavy atom. The molecule has 0 heterocycles. The number of hydrogen-bond acceptors (Lipinski definition) is 6. The second kappa shape index (κ2) is 10.2. The molecule has 35 heavy (non-hydrogen) atoms. The van der Waals surface area contributed by atoms with Gasteiger partial charge < -0.3 is 4.74 Å². The molecule has 0 aliphatic carbocycles. The highest BCUT2D eigenvalue weighted by molar-refractivity contribution is 9.10. The number of hydrogen-bond donors (Lipinski definition) is 0. The van der Waals surface area contributed by atoms with Gasteiger partial charge in [0.1, 0.15) is 5.75 Å². The zero-order valence-electron chi connectivity index (χ0n) is 17.1. The van der Waals surface area contributed by atoms with Crippen molar-refractivity contribution in [3.05, 3.63) is 107 Å². The Balaban J connectivity index is 2.09. The molecule has 0 saturated carbocycles. The molecule has 0 radical (unpaired) electrons. The van der Waals surface area contributed by atoms with E-state index in [4.69, 9.17) is 16.3 Å². The number of allylic oxidation sites excluding steroid dienone is 1. The Morgan fingerprint density at radius 2 is 1.54 bits per heavy atom. The van der Waals surface area contributed by atoms with Crippen molar-refractivity contribution >= 4 is 50.8 Å². The van der Waals surface area contributed by atoms with Crippen LogP contribution < -0.4 is 4.74 Å². The molecule has 8 nitrogen and oxygen atoms in total. The van der Waals surface area contributed by atoms with Crippen molar-refractivity contribution in [1.29, 1.82) is 0 Å². The van der Waals surface area contributed by atoms with Crippen LogP contribution in [0.2, 0.25) is 5.02 Å². The minimum atomic E-state index is -5.07. The van der Waals surface area contributed by atoms with Gasteiger partial charge in [-0.3, -0.25) is 25.0 Å².